The van der Waals surface area contributed by atoms with Crippen molar-refractivity contribution in [1.82, 2.24) is 4.98 Å². The predicted octanol–water partition coefficient (Wildman–Crippen LogP) is 3.84. The highest BCUT2D eigenvalue weighted by Gasteiger charge is 2.09. The summed E-state index contributed by atoms with van der Waals surface area (Å²) in [4.78, 5) is 19.1. The van der Waals surface area contributed by atoms with Crippen LogP contribution in [0.4, 0.5) is 0 Å². The van der Waals surface area contributed by atoms with E-state index in [1.54, 1.807) is 30.1 Å². The smallest absolute Gasteiger partial charge is 0.267 e. The summed E-state index contributed by atoms with van der Waals surface area (Å²) in [6.07, 6.45) is 14.7. The number of hydrogen-bond acceptors (Lipinski definition) is 3. The lowest BCUT2D eigenvalue weighted by atomic mass is 10.2. The first kappa shape index (κ1) is 16.1. The molecule has 1 aliphatic heterocycles. The van der Waals surface area contributed by atoms with Crippen LogP contribution in [0.2, 0.25) is 0 Å². The van der Waals surface area contributed by atoms with E-state index in [0.717, 1.165) is 27.2 Å². The van der Waals surface area contributed by atoms with Crippen LogP contribution in [0, 0.1) is 0 Å². The molecule has 0 bridgehead atoms. The van der Waals surface area contributed by atoms with Gasteiger partial charge in [-0.1, -0.05) is 48.6 Å². The molecule has 0 saturated heterocycles. The number of benzene rings is 1. The fourth-order valence-corrected chi connectivity index (χ4v) is 3.23. The SMILES string of the molecule is NC(=O)C1=NC=Cc2c([nH]c3ccccc23)SCC=CC=CC=C1. The Morgan fingerprint density at radius 1 is 1.12 bits per heavy atom. The number of rotatable bonds is 1. The van der Waals surface area contributed by atoms with E-state index < -0.39 is 5.91 Å². The molecule has 0 atom stereocenters. The second kappa shape index (κ2) is 7.66. The number of thioether (sulfide) groups is 1. The van der Waals surface area contributed by atoms with Crippen molar-refractivity contribution in [3.63, 3.8) is 0 Å². The number of nitrogens with zero attached hydrogens (tertiary/aromatic N) is 1. The van der Waals surface area contributed by atoms with E-state index in [2.05, 4.69) is 22.1 Å². The van der Waals surface area contributed by atoms with Gasteiger partial charge in [-0.2, -0.15) is 0 Å². The third kappa shape index (κ3) is 3.75. The largest absolute Gasteiger partial charge is 0.364 e. The summed E-state index contributed by atoms with van der Waals surface area (Å²) in [6, 6.07) is 8.12. The molecule has 2 aromatic rings. The maximum absolute atomic E-state index is 11.5. The van der Waals surface area contributed by atoms with Crippen LogP contribution >= 0.6 is 11.8 Å². The molecule has 3 N–H and O–H groups in total. The highest BCUT2D eigenvalue weighted by atomic mass is 32.2. The number of primary amides is 1. The van der Waals surface area contributed by atoms with Crippen LogP contribution in [0.15, 0.2) is 76.9 Å². The average Bonchev–Trinajstić information content (AvgIpc) is 2.92. The number of H-pyrrole nitrogens is 1. The van der Waals surface area contributed by atoms with E-state index in [1.807, 2.05) is 42.5 Å². The summed E-state index contributed by atoms with van der Waals surface area (Å²) in [7, 11) is 0. The summed E-state index contributed by atoms with van der Waals surface area (Å²) in [5, 5.41) is 2.20. The van der Waals surface area contributed by atoms with Gasteiger partial charge in [0.25, 0.3) is 5.91 Å². The van der Waals surface area contributed by atoms with Gasteiger partial charge in [-0.3, -0.25) is 9.79 Å². The zero-order chi connectivity index (χ0) is 16.8. The summed E-state index contributed by atoms with van der Waals surface area (Å²) >= 11 is 1.72. The van der Waals surface area contributed by atoms with Crippen LogP contribution in [0.1, 0.15) is 5.56 Å². The van der Waals surface area contributed by atoms with E-state index in [9.17, 15) is 4.79 Å². The Balaban J connectivity index is 2.07. The first-order valence-electron chi connectivity index (χ1n) is 7.53. The molecule has 2 heterocycles. The first-order valence-corrected chi connectivity index (χ1v) is 8.52. The average molecular weight is 335 g/mol. The normalized spacial score (nSPS) is 15.1. The second-order valence-electron chi connectivity index (χ2n) is 5.09. The van der Waals surface area contributed by atoms with E-state index in [-0.39, 0.29) is 5.71 Å². The van der Waals surface area contributed by atoms with Crippen LogP contribution < -0.4 is 5.73 Å². The number of carbonyl (C=O) groups is 1. The molecule has 5 heteroatoms. The van der Waals surface area contributed by atoms with E-state index in [0.29, 0.717) is 0 Å². The minimum Gasteiger partial charge on any atom is -0.364 e. The molecule has 0 spiro atoms. The van der Waals surface area contributed by atoms with Crippen molar-refractivity contribution in [2.24, 2.45) is 10.7 Å². The summed E-state index contributed by atoms with van der Waals surface area (Å²) in [5.74, 6) is 0.304. The Morgan fingerprint density at radius 3 is 2.83 bits per heavy atom. The lowest BCUT2D eigenvalue weighted by Crippen LogP contribution is -2.20. The third-order valence-corrected chi connectivity index (χ3v) is 4.43. The minimum absolute atomic E-state index is 0.214. The molecule has 1 aliphatic rings. The molecule has 24 heavy (non-hydrogen) atoms. The molecule has 1 aromatic heterocycles. The fraction of sp³-hybridized carbons (Fsp3) is 0.0526. The van der Waals surface area contributed by atoms with Gasteiger partial charge in [0.05, 0.1) is 5.03 Å². The van der Waals surface area contributed by atoms with E-state index in [1.165, 1.54) is 0 Å². The quantitative estimate of drug-likeness (QED) is 0.831. The van der Waals surface area contributed by atoms with Crippen LogP contribution in [0.5, 0.6) is 0 Å². The van der Waals surface area contributed by atoms with Crippen LogP contribution in [0.3, 0.4) is 0 Å². The van der Waals surface area contributed by atoms with Crippen LogP contribution in [-0.2, 0) is 4.79 Å². The van der Waals surface area contributed by atoms with Gasteiger partial charge in [0.15, 0.2) is 0 Å². The molecular formula is C19H17N3OS. The van der Waals surface area contributed by atoms with E-state index in [4.69, 9.17) is 5.73 Å². The van der Waals surface area contributed by atoms with Gasteiger partial charge < -0.3 is 10.7 Å². The van der Waals surface area contributed by atoms with Crippen LogP contribution in [0.25, 0.3) is 17.0 Å². The number of amides is 1. The number of allylic oxidation sites excluding steroid dienone is 4. The number of aromatic amines is 1. The van der Waals surface area contributed by atoms with Gasteiger partial charge in [0.1, 0.15) is 5.71 Å². The lowest BCUT2D eigenvalue weighted by Gasteiger charge is -1.98. The standard InChI is InChI=1S/C19H17N3OS/c20-18(23)17-10-4-2-1-3-7-13-24-19-15(11-12-21-17)14-8-5-6-9-16(14)22-19/h1-12,22H,13H2,(H2,20,23). The van der Waals surface area contributed by atoms with Gasteiger partial charge >= 0.3 is 0 Å². The molecule has 0 unspecified atom stereocenters. The highest BCUT2D eigenvalue weighted by Crippen LogP contribution is 2.31. The van der Waals surface area contributed by atoms with Crippen molar-refractivity contribution in [3.05, 3.63) is 72.5 Å². The zero-order valence-corrected chi connectivity index (χ0v) is 13.8. The molecule has 0 fully saturated rings. The predicted molar refractivity (Wildman–Crippen MR) is 102 cm³/mol. The van der Waals surface area contributed by atoms with Gasteiger partial charge in [0, 0.05) is 28.4 Å². The molecule has 0 aliphatic carbocycles. The topological polar surface area (TPSA) is 71.2 Å². The Bertz CT molecular complexity index is 900. The molecule has 1 amide bonds. The fourth-order valence-electron chi connectivity index (χ4n) is 2.34. The van der Waals surface area contributed by atoms with Crippen molar-refractivity contribution in [3.8, 4) is 0 Å². The number of nitrogens with one attached hydrogen (secondary N) is 1. The maximum atomic E-state index is 11.5. The monoisotopic (exact) mass is 335 g/mol. The number of para-hydroxylation sites is 1. The minimum atomic E-state index is -0.555. The van der Waals surface area contributed by atoms with Gasteiger partial charge in [-0.25, -0.2) is 0 Å². The number of aromatic nitrogens is 1. The molecule has 4 nitrogen and oxygen atoms in total. The number of aliphatic imine (C=N–C) groups is 1. The first-order chi connectivity index (χ1) is 11.8. The van der Waals surface area contributed by atoms with Crippen molar-refractivity contribution in [2.45, 2.75) is 5.03 Å². The Morgan fingerprint density at radius 2 is 1.96 bits per heavy atom. The molecule has 0 saturated carbocycles. The molecule has 120 valence electrons. The van der Waals surface area contributed by atoms with E-state index >= 15 is 0 Å². The number of fused-ring (bicyclic) bond motifs is 3. The molecule has 3 rings (SSSR count). The number of carbonyl (C=O) groups excluding carboxylic acids is 1. The lowest BCUT2D eigenvalue weighted by molar-refractivity contribution is -0.111. The summed E-state index contributed by atoms with van der Waals surface area (Å²) in [6.45, 7) is 0. The molecular weight excluding hydrogens is 318 g/mol. The highest BCUT2D eigenvalue weighted by molar-refractivity contribution is 7.99. The zero-order valence-electron chi connectivity index (χ0n) is 13.0. The molecule has 0 radical (unpaired) electrons. The third-order valence-electron chi connectivity index (χ3n) is 3.46. The van der Waals surface area contributed by atoms with Crippen molar-refractivity contribution >= 4 is 40.4 Å². The Kier molecular flexibility index (Phi) is 5.13. The second-order valence-corrected chi connectivity index (χ2v) is 6.12. The number of nitrogens with two attached hydrogens (primary N) is 1. The Hall–Kier alpha value is -2.79. The molecule has 1 aromatic carbocycles. The van der Waals surface area contributed by atoms with Gasteiger partial charge in [-0.15, -0.1) is 11.8 Å². The van der Waals surface area contributed by atoms with Crippen molar-refractivity contribution in [1.29, 1.82) is 0 Å². The van der Waals surface area contributed by atoms with Gasteiger partial charge in [0.2, 0.25) is 0 Å². The van der Waals surface area contributed by atoms with Crippen LogP contribution in [-0.4, -0.2) is 22.4 Å². The Labute approximate surface area is 144 Å². The van der Waals surface area contributed by atoms with Gasteiger partial charge in [-0.05, 0) is 18.2 Å². The van der Waals surface area contributed by atoms with Crippen molar-refractivity contribution in [2.75, 3.05) is 5.75 Å². The summed E-state index contributed by atoms with van der Waals surface area (Å²) in [5.41, 5.74) is 7.72. The van der Waals surface area contributed by atoms with Crippen molar-refractivity contribution < 1.29 is 4.79 Å². The number of hydrogen-bond donors (Lipinski definition) is 2. The summed E-state index contributed by atoms with van der Waals surface area (Å²) < 4.78 is 0. The maximum Gasteiger partial charge on any atom is 0.267 e.